The van der Waals surface area contributed by atoms with E-state index in [0.29, 0.717) is 5.71 Å². The van der Waals surface area contributed by atoms with Gasteiger partial charge in [-0.1, -0.05) is 6.07 Å². The molecule has 1 aromatic carbocycles. The third-order valence-corrected chi connectivity index (χ3v) is 3.51. The van der Waals surface area contributed by atoms with E-state index in [1.165, 1.54) is 11.3 Å². The third-order valence-electron chi connectivity index (χ3n) is 2.53. The highest BCUT2D eigenvalue weighted by Gasteiger charge is 2.13. The van der Waals surface area contributed by atoms with Crippen molar-refractivity contribution in [3.8, 4) is 17.2 Å². The van der Waals surface area contributed by atoms with Crippen LogP contribution in [0.25, 0.3) is 0 Å². The molecule has 7 heteroatoms. The van der Waals surface area contributed by atoms with Crippen LogP contribution in [0.4, 0.5) is 0 Å². The predicted octanol–water partition coefficient (Wildman–Crippen LogP) is 2.02. The van der Waals surface area contributed by atoms with Crippen molar-refractivity contribution in [3.63, 3.8) is 0 Å². The number of carbonyl (C=O) groups is 1. The summed E-state index contributed by atoms with van der Waals surface area (Å²) >= 11 is 1.49. The molecule has 0 saturated heterocycles. The molecule has 0 aliphatic carbocycles. The highest BCUT2D eigenvalue weighted by Crippen LogP contribution is 2.35. The molecule has 0 unspecified atom stereocenters. The average Bonchev–Trinajstić information content (AvgIpc) is 2.95. The Kier molecular flexibility index (Phi) is 3.90. The van der Waals surface area contributed by atoms with Crippen molar-refractivity contribution in [1.29, 1.82) is 0 Å². The maximum Gasteiger partial charge on any atom is 0.271 e. The van der Waals surface area contributed by atoms with E-state index in [2.05, 4.69) is 10.5 Å². The van der Waals surface area contributed by atoms with E-state index >= 15 is 0 Å². The van der Waals surface area contributed by atoms with Gasteiger partial charge in [-0.25, -0.2) is 5.43 Å². The molecule has 0 fully saturated rings. The lowest BCUT2D eigenvalue weighted by molar-refractivity contribution is 0.0954. The number of rotatable bonds is 3. The highest BCUT2D eigenvalue weighted by atomic mass is 32.1. The van der Waals surface area contributed by atoms with Gasteiger partial charge in [-0.05, 0) is 30.5 Å². The molecule has 0 radical (unpaired) electrons. The number of hydrazone groups is 1. The number of thiophene rings is 1. The Labute approximate surface area is 118 Å². The van der Waals surface area contributed by atoms with E-state index in [1.807, 2.05) is 17.5 Å². The minimum atomic E-state index is -0.667. The smallest absolute Gasteiger partial charge is 0.271 e. The number of nitrogens with one attached hydrogen (secondary N) is 1. The number of hydrogen-bond donors (Lipinski definition) is 4. The van der Waals surface area contributed by atoms with Crippen LogP contribution >= 0.6 is 11.3 Å². The van der Waals surface area contributed by atoms with Gasteiger partial charge in [0.2, 0.25) is 0 Å². The summed E-state index contributed by atoms with van der Waals surface area (Å²) < 4.78 is 0. The normalized spacial score (nSPS) is 11.3. The van der Waals surface area contributed by atoms with Crippen molar-refractivity contribution < 1.29 is 20.1 Å². The molecule has 0 aliphatic rings. The number of nitrogens with zero attached hydrogens (tertiary/aromatic N) is 1. The number of benzene rings is 1. The molecule has 1 aromatic heterocycles. The molecule has 0 aliphatic heterocycles. The topological polar surface area (TPSA) is 102 Å². The summed E-state index contributed by atoms with van der Waals surface area (Å²) in [4.78, 5) is 12.7. The molecule has 2 aromatic rings. The molecule has 1 amide bonds. The first-order valence-corrected chi connectivity index (χ1v) is 6.50. The Morgan fingerprint density at radius 1 is 1.25 bits per heavy atom. The lowest BCUT2D eigenvalue weighted by Crippen LogP contribution is -2.19. The van der Waals surface area contributed by atoms with Gasteiger partial charge in [-0.15, -0.1) is 11.3 Å². The number of aromatic hydroxyl groups is 3. The van der Waals surface area contributed by atoms with Gasteiger partial charge in [-0.2, -0.15) is 5.10 Å². The first kappa shape index (κ1) is 13.9. The van der Waals surface area contributed by atoms with E-state index in [9.17, 15) is 20.1 Å². The lowest BCUT2D eigenvalue weighted by Gasteiger charge is -2.05. The second-order valence-corrected chi connectivity index (χ2v) is 4.93. The molecule has 0 bridgehead atoms. The fourth-order valence-electron chi connectivity index (χ4n) is 1.47. The zero-order valence-electron chi connectivity index (χ0n) is 10.5. The molecule has 104 valence electrons. The second-order valence-electron chi connectivity index (χ2n) is 3.98. The highest BCUT2D eigenvalue weighted by molar-refractivity contribution is 7.12. The van der Waals surface area contributed by atoms with Gasteiger partial charge in [-0.3, -0.25) is 4.79 Å². The number of amides is 1. The minimum absolute atomic E-state index is 0.0134. The summed E-state index contributed by atoms with van der Waals surface area (Å²) in [6.45, 7) is 1.75. The SMILES string of the molecule is C/C(=N\NC(=O)c1cc(O)c(O)c(O)c1)c1cccs1. The largest absolute Gasteiger partial charge is 0.504 e. The van der Waals surface area contributed by atoms with Crippen LogP contribution < -0.4 is 5.43 Å². The van der Waals surface area contributed by atoms with Crippen molar-refractivity contribution in [1.82, 2.24) is 5.43 Å². The molecule has 0 spiro atoms. The van der Waals surface area contributed by atoms with Gasteiger partial charge in [0.05, 0.1) is 5.71 Å². The third kappa shape index (κ3) is 2.89. The molecule has 0 saturated carbocycles. The van der Waals surface area contributed by atoms with Crippen molar-refractivity contribution >= 4 is 23.0 Å². The molecule has 4 N–H and O–H groups in total. The number of hydrogen-bond acceptors (Lipinski definition) is 6. The summed E-state index contributed by atoms with van der Waals surface area (Å²) in [5.41, 5.74) is 2.94. The van der Waals surface area contributed by atoms with E-state index in [0.717, 1.165) is 17.0 Å². The van der Waals surface area contributed by atoms with Crippen LogP contribution in [0.3, 0.4) is 0 Å². The summed E-state index contributed by atoms with van der Waals surface area (Å²) in [5, 5.41) is 33.7. The van der Waals surface area contributed by atoms with Crippen molar-refractivity contribution in [2.75, 3.05) is 0 Å². The summed E-state index contributed by atoms with van der Waals surface area (Å²) in [7, 11) is 0. The van der Waals surface area contributed by atoms with Gasteiger partial charge in [0.1, 0.15) is 0 Å². The molecule has 1 heterocycles. The van der Waals surface area contributed by atoms with Gasteiger partial charge in [0.15, 0.2) is 17.2 Å². The average molecular weight is 292 g/mol. The van der Waals surface area contributed by atoms with Crippen LogP contribution in [0.5, 0.6) is 17.2 Å². The van der Waals surface area contributed by atoms with E-state index in [4.69, 9.17) is 0 Å². The zero-order valence-corrected chi connectivity index (χ0v) is 11.3. The van der Waals surface area contributed by atoms with Crippen LogP contribution in [-0.2, 0) is 0 Å². The Bertz CT molecular complexity index is 642. The maximum atomic E-state index is 11.8. The monoisotopic (exact) mass is 292 g/mol. The van der Waals surface area contributed by atoms with Gasteiger partial charge in [0.25, 0.3) is 5.91 Å². The molecule has 20 heavy (non-hydrogen) atoms. The Balaban J connectivity index is 2.15. The molecule has 2 rings (SSSR count). The van der Waals surface area contributed by atoms with Crippen LogP contribution in [-0.4, -0.2) is 26.9 Å². The van der Waals surface area contributed by atoms with Crippen LogP contribution in [0, 0.1) is 0 Å². The quantitative estimate of drug-likeness (QED) is 0.395. The Morgan fingerprint density at radius 2 is 1.90 bits per heavy atom. The molecule has 0 atom stereocenters. The predicted molar refractivity (Wildman–Crippen MR) is 75.4 cm³/mol. The fourth-order valence-corrected chi connectivity index (χ4v) is 2.15. The van der Waals surface area contributed by atoms with Crippen molar-refractivity contribution in [2.45, 2.75) is 6.92 Å². The van der Waals surface area contributed by atoms with Gasteiger partial charge >= 0.3 is 0 Å². The summed E-state index contributed by atoms with van der Waals surface area (Å²) in [6.07, 6.45) is 0. The van der Waals surface area contributed by atoms with E-state index < -0.39 is 23.2 Å². The van der Waals surface area contributed by atoms with E-state index in [1.54, 1.807) is 6.92 Å². The summed E-state index contributed by atoms with van der Waals surface area (Å²) in [6, 6.07) is 5.82. The molecular weight excluding hydrogens is 280 g/mol. The van der Waals surface area contributed by atoms with Crippen molar-refractivity contribution in [3.05, 3.63) is 40.1 Å². The van der Waals surface area contributed by atoms with Crippen LogP contribution in [0.2, 0.25) is 0 Å². The second kappa shape index (κ2) is 5.62. The molecule has 6 nitrogen and oxygen atoms in total. The maximum absolute atomic E-state index is 11.8. The van der Waals surface area contributed by atoms with Crippen LogP contribution in [0.1, 0.15) is 22.2 Å². The number of carbonyl (C=O) groups excluding carboxylic acids is 1. The number of phenolic OH excluding ortho intramolecular Hbond substituents is 3. The number of phenols is 3. The Morgan fingerprint density at radius 3 is 2.45 bits per heavy atom. The lowest BCUT2D eigenvalue weighted by atomic mass is 10.2. The van der Waals surface area contributed by atoms with Gasteiger partial charge < -0.3 is 15.3 Å². The summed E-state index contributed by atoms with van der Waals surface area (Å²) in [5.74, 6) is -2.42. The minimum Gasteiger partial charge on any atom is -0.504 e. The fraction of sp³-hybridized carbons (Fsp3) is 0.0769. The zero-order chi connectivity index (χ0) is 14.7. The first-order chi connectivity index (χ1) is 9.49. The Hall–Kier alpha value is -2.54. The van der Waals surface area contributed by atoms with Crippen molar-refractivity contribution in [2.24, 2.45) is 5.10 Å². The molecular formula is C13H12N2O4S. The standard InChI is InChI=1S/C13H12N2O4S/c1-7(11-3-2-4-20-11)14-15-13(19)8-5-9(16)12(18)10(17)6-8/h2-6,16-18H,1H3,(H,15,19)/b14-7+. The van der Waals surface area contributed by atoms with Gasteiger partial charge in [0, 0.05) is 10.4 Å². The first-order valence-electron chi connectivity index (χ1n) is 5.62. The van der Waals surface area contributed by atoms with E-state index in [-0.39, 0.29) is 5.56 Å². The van der Waals surface area contributed by atoms with Crippen LogP contribution in [0.15, 0.2) is 34.7 Å².